The lowest BCUT2D eigenvalue weighted by molar-refractivity contribution is 0.591. The highest BCUT2D eigenvalue weighted by Crippen LogP contribution is 2.37. The van der Waals surface area contributed by atoms with Crippen molar-refractivity contribution >= 4 is 46.0 Å². The molecule has 0 spiro atoms. The van der Waals surface area contributed by atoms with Gasteiger partial charge in [-0.15, -0.1) is 0 Å². The lowest BCUT2D eigenvalue weighted by Gasteiger charge is -2.19. The predicted octanol–water partition coefficient (Wildman–Crippen LogP) is 7.34. The zero-order valence-electron chi connectivity index (χ0n) is 19.9. The maximum Gasteiger partial charge on any atom is 0.137 e. The first-order valence-corrected chi connectivity index (χ1v) is 10.8. The Labute approximate surface area is 198 Å². The molecule has 7 heteroatoms. The van der Waals surface area contributed by atoms with Gasteiger partial charge in [0.05, 0.1) is 28.0 Å². The highest BCUT2D eigenvalue weighted by atomic mass is 19.1. The fourth-order valence-electron chi connectivity index (χ4n) is 3.64. The van der Waals surface area contributed by atoms with Gasteiger partial charge in [0.25, 0.3) is 0 Å². The SMILES string of the molecule is C=CC(=CN=CC)c1cnc(C)cc1Nc1c(C)c(C(=CC)N=CC)nc2cc(F)cc(F)c12. The standard InChI is InChI=1S/C27H27F2N5/c1-7-18(14-30-9-3)20-15-32-16(5)11-23(20)33-27-17(6)26(22(8-2)31-10-4)34-24-13-19(28)12-21(29)25(24)27/h7-15H,1H2,2-6H3,(H,32,33,34). The summed E-state index contributed by atoms with van der Waals surface area (Å²) in [6, 6.07) is 3.94. The van der Waals surface area contributed by atoms with Crippen molar-refractivity contribution in [3.8, 4) is 0 Å². The van der Waals surface area contributed by atoms with E-state index in [0.29, 0.717) is 28.3 Å². The number of nitrogens with one attached hydrogen (secondary N) is 1. The van der Waals surface area contributed by atoms with E-state index in [1.54, 1.807) is 37.8 Å². The Morgan fingerprint density at radius 2 is 1.85 bits per heavy atom. The number of hydrogen-bond donors (Lipinski definition) is 1. The fraction of sp³-hybridized carbons (Fsp3) is 0.185. The summed E-state index contributed by atoms with van der Waals surface area (Å²) < 4.78 is 29.2. The maximum atomic E-state index is 15.1. The van der Waals surface area contributed by atoms with Crippen molar-refractivity contribution in [2.75, 3.05) is 5.32 Å². The first-order valence-electron chi connectivity index (χ1n) is 10.8. The molecule has 1 aromatic carbocycles. The van der Waals surface area contributed by atoms with Gasteiger partial charge in [0, 0.05) is 65.0 Å². The minimum Gasteiger partial charge on any atom is -0.354 e. The number of aromatic nitrogens is 2. The second-order valence-electron chi connectivity index (χ2n) is 7.50. The highest BCUT2D eigenvalue weighted by Gasteiger charge is 2.20. The van der Waals surface area contributed by atoms with Gasteiger partial charge in [0.2, 0.25) is 0 Å². The number of aryl methyl sites for hydroxylation is 1. The van der Waals surface area contributed by atoms with Crippen molar-refractivity contribution in [3.63, 3.8) is 0 Å². The number of fused-ring (bicyclic) bond motifs is 1. The van der Waals surface area contributed by atoms with E-state index in [1.807, 2.05) is 39.8 Å². The Kier molecular flexibility index (Phi) is 7.79. The minimum absolute atomic E-state index is 0.189. The average Bonchev–Trinajstić information content (AvgIpc) is 2.80. The zero-order chi connectivity index (χ0) is 24.8. The van der Waals surface area contributed by atoms with Crippen molar-refractivity contribution in [1.82, 2.24) is 9.97 Å². The number of benzene rings is 1. The molecule has 3 rings (SSSR count). The lowest BCUT2D eigenvalue weighted by Crippen LogP contribution is -2.05. The van der Waals surface area contributed by atoms with Gasteiger partial charge in [-0.05, 0) is 40.7 Å². The van der Waals surface area contributed by atoms with Gasteiger partial charge in [0.15, 0.2) is 0 Å². The molecule has 0 aliphatic rings. The van der Waals surface area contributed by atoms with Crippen LogP contribution in [0.1, 0.15) is 43.3 Å². The largest absolute Gasteiger partial charge is 0.354 e. The zero-order valence-corrected chi connectivity index (χ0v) is 19.9. The third-order valence-electron chi connectivity index (χ3n) is 5.22. The van der Waals surface area contributed by atoms with Crippen LogP contribution in [0.4, 0.5) is 20.2 Å². The van der Waals surface area contributed by atoms with Crippen molar-refractivity contribution in [2.24, 2.45) is 9.98 Å². The van der Waals surface area contributed by atoms with Crippen LogP contribution in [0.25, 0.3) is 22.2 Å². The average molecular weight is 460 g/mol. The van der Waals surface area contributed by atoms with Crippen LogP contribution in [0.5, 0.6) is 0 Å². The maximum absolute atomic E-state index is 15.1. The van der Waals surface area contributed by atoms with E-state index in [-0.39, 0.29) is 10.9 Å². The molecule has 0 aliphatic carbocycles. The van der Waals surface area contributed by atoms with Crippen LogP contribution in [-0.2, 0) is 0 Å². The van der Waals surface area contributed by atoms with E-state index in [2.05, 4.69) is 31.8 Å². The van der Waals surface area contributed by atoms with Crippen LogP contribution < -0.4 is 5.32 Å². The van der Waals surface area contributed by atoms with Gasteiger partial charge in [-0.3, -0.25) is 15.0 Å². The summed E-state index contributed by atoms with van der Waals surface area (Å²) in [5.41, 5.74) is 5.38. The summed E-state index contributed by atoms with van der Waals surface area (Å²) in [6.07, 6.45) is 10.2. The third kappa shape index (κ3) is 4.98. The molecular formula is C27H27F2N5. The van der Waals surface area contributed by atoms with Crippen LogP contribution in [0.3, 0.4) is 0 Å². The quantitative estimate of drug-likeness (QED) is 0.297. The van der Waals surface area contributed by atoms with E-state index >= 15 is 4.39 Å². The molecule has 3 aromatic rings. The van der Waals surface area contributed by atoms with Crippen LogP contribution in [-0.4, -0.2) is 22.4 Å². The molecule has 2 heterocycles. The molecule has 0 amide bonds. The molecule has 0 atom stereocenters. The molecule has 2 aromatic heterocycles. The molecule has 174 valence electrons. The third-order valence-corrected chi connectivity index (χ3v) is 5.22. The molecule has 0 bridgehead atoms. The number of halogens is 2. The highest BCUT2D eigenvalue weighted by molar-refractivity contribution is 5.99. The van der Waals surface area contributed by atoms with Crippen molar-refractivity contribution in [2.45, 2.75) is 34.6 Å². The van der Waals surface area contributed by atoms with Crippen LogP contribution in [0.15, 0.2) is 59.3 Å². The fourth-order valence-corrected chi connectivity index (χ4v) is 3.64. The predicted molar refractivity (Wildman–Crippen MR) is 139 cm³/mol. The molecular weight excluding hydrogens is 432 g/mol. The molecule has 0 unspecified atom stereocenters. The molecule has 0 fully saturated rings. The first kappa shape index (κ1) is 24.6. The number of hydrogen-bond acceptors (Lipinski definition) is 5. The molecule has 34 heavy (non-hydrogen) atoms. The lowest BCUT2D eigenvalue weighted by atomic mass is 10.0. The number of aliphatic imine (C=N–C) groups is 2. The summed E-state index contributed by atoms with van der Waals surface area (Å²) >= 11 is 0. The van der Waals surface area contributed by atoms with Crippen LogP contribution in [0.2, 0.25) is 0 Å². The Hall–Kier alpha value is -4.00. The molecule has 0 saturated heterocycles. The van der Waals surface area contributed by atoms with Gasteiger partial charge in [-0.25, -0.2) is 13.8 Å². The smallest absolute Gasteiger partial charge is 0.137 e. The monoisotopic (exact) mass is 459 g/mol. The number of rotatable bonds is 7. The Bertz CT molecular complexity index is 1370. The van der Waals surface area contributed by atoms with E-state index in [0.717, 1.165) is 22.9 Å². The summed E-state index contributed by atoms with van der Waals surface area (Å²) in [4.78, 5) is 17.6. The van der Waals surface area contributed by atoms with E-state index in [4.69, 9.17) is 0 Å². The molecule has 5 nitrogen and oxygen atoms in total. The van der Waals surface area contributed by atoms with E-state index in [1.165, 1.54) is 6.07 Å². The van der Waals surface area contributed by atoms with E-state index < -0.39 is 11.6 Å². The van der Waals surface area contributed by atoms with Crippen LogP contribution in [0, 0.1) is 25.5 Å². The van der Waals surface area contributed by atoms with Gasteiger partial charge >= 0.3 is 0 Å². The Morgan fingerprint density at radius 1 is 1.09 bits per heavy atom. The summed E-state index contributed by atoms with van der Waals surface area (Å²) in [5.74, 6) is -1.41. The van der Waals surface area contributed by atoms with Gasteiger partial charge in [0.1, 0.15) is 11.6 Å². The van der Waals surface area contributed by atoms with Gasteiger partial charge < -0.3 is 5.32 Å². The number of pyridine rings is 2. The van der Waals surface area contributed by atoms with Crippen LogP contribution >= 0.6 is 0 Å². The second-order valence-corrected chi connectivity index (χ2v) is 7.50. The Morgan fingerprint density at radius 3 is 2.50 bits per heavy atom. The first-order chi connectivity index (χ1) is 16.3. The van der Waals surface area contributed by atoms with Gasteiger partial charge in [-0.1, -0.05) is 18.7 Å². The second kappa shape index (κ2) is 10.7. The summed E-state index contributed by atoms with van der Waals surface area (Å²) in [6.45, 7) is 13.0. The normalized spacial score (nSPS) is 12.8. The van der Waals surface area contributed by atoms with Crippen molar-refractivity contribution < 1.29 is 8.78 Å². The molecule has 0 saturated carbocycles. The topological polar surface area (TPSA) is 62.5 Å². The molecule has 0 aliphatic heterocycles. The molecule has 1 N–H and O–H groups in total. The number of nitrogens with zero attached hydrogens (tertiary/aromatic N) is 4. The molecule has 0 radical (unpaired) electrons. The van der Waals surface area contributed by atoms with Crippen molar-refractivity contribution in [1.29, 1.82) is 0 Å². The van der Waals surface area contributed by atoms with E-state index in [9.17, 15) is 4.39 Å². The summed E-state index contributed by atoms with van der Waals surface area (Å²) in [7, 11) is 0. The van der Waals surface area contributed by atoms with Crippen molar-refractivity contribution in [3.05, 3.63) is 83.5 Å². The van der Waals surface area contributed by atoms with Gasteiger partial charge in [-0.2, -0.15) is 0 Å². The summed E-state index contributed by atoms with van der Waals surface area (Å²) in [5, 5.41) is 3.57. The Balaban J connectivity index is 2.36. The number of anilines is 2. The minimum atomic E-state index is -0.705. The number of allylic oxidation sites excluding steroid dienone is 3.